The van der Waals surface area contributed by atoms with Crippen molar-refractivity contribution in [3.8, 4) is 5.75 Å². The van der Waals surface area contributed by atoms with E-state index in [4.69, 9.17) is 10.6 Å². The summed E-state index contributed by atoms with van der Waals surface area (Å²) in [4.78, 5) is 4.08. The molecule has 0 aliphatic rings. The first kappa shape index (κ1) is 16.9. The average molecular weight is 279 g/mol. The van der Waals surface area contributed by atoms with E-state index < -0.39 is 0 Å². The van der Waals surface area contributed by atoms with Crippen LogP contribution in [0.2, 0.25) is 0 Å². The van der Waals surface area contributed by atoms with Crippen LogP contribution < -0.4 is 16.0 Å². The van der Waals surface area contributed by atoms with Gasteiger partial charge in [0.05, 0.1) is 13.3 Å². The van der Waals surface area contributed by atoms with Gasteiger partial charge in [0.2, 0.25) is 0 Å². The average Bonchev–Trinajstić information content (AvgIpc) is 2.50. The highest BCUT2D eigenvalue weighted by molar-refractivity contribution is 5.32. The maximum absolute atomic E-state index is 5.68. The summed E-state index contributed by atoms with van der Waals surface area (Å²) in [7, 11) is 1.67. The van der Waals surface area contributed by atoms with E-state index in [1.54, 1.807) is 19.5 Å². The molecule has 1 rings (SSSR count). The van der Waals surface area contributed by atoms with E-state index in [9.17, 15) is 0 Å². The number of aromatic nitrogens is 1. The van der Waals surface area contributed by atoms with Gasteiger partial charge in [-0.05, 0) is 12.5 Å². The SMILES string of the molecule is CCCCCCCCCC(NN)c1ccncc1OC. The van der Waals surface area contributed by atoms with Crippen LogP contribution in [0.25, 0.3) is 0 Å². The molecular weight excluding hydrogens is 250 g/mol. The Hall–Kier alpha value is -1.13. The van der Waals surface area contributed by atoms with E-state index in [0.29, 0.717) is 0 Å². The second-order valence-electron chi connectivity index (χ2n) is 5.25. The van der Waals surface area contributed by atoms with E-state index in [1.165, 1.54) is 44.9 Å². The van der Waals surface area contributed by atoms with Gasteiger partial charge < -0.3 is 4.74 Å². The summed E-state index contributed by atoms with van der Waals surface area (Å²) < 4.78 is 5.34. The number of methoxy groups -OCH3 is 1. The number of nitrogens with one attached hydrogen (secondary N) is 1. The smallest absolute Gasteiger partial charge is 0.141 e. The van der Waals surface area contributed by atoms with E-state index in [-0.39, 0.29) is 6.04 Å². The van der Waals surface area contributed by atoms with Crippen molar-refractivity contribution in [2.75, 3.05) is 7.11 Å². The first-order chi connectivity index (χ1) is 9.83. The van der Waals surface area contributed by atoms with Gasteiger partial charge in [-0.2, -0.15) is 0 Å². The van der Waals surface area contributed by atoms with Gasteiger partial charge in [0.15, 0.2) is 0 Å². The van der Waals surface area contributed by atoms with Crippen molar-refractivity contribution in [3.63, 3.8) is 0 Å². The van der Waals surface area contributed by atoms with Gasteiger partial charge in [-0.3, -0.25) is 16.3 Å². The van der Waals surface area contributed by atoms with Crippen LogP contribution in [-0.4, -0.2) is 12.1 Å². The molecule has 0 aliphatic heterocycles. The molecule has 0 aliphatic carbocycles. The summed E-state index contributed by atoms with van der Waals surface area (Å²) in [5.74, 6) is 6.49. The van der Waals surface area contributed by atoms with Crippen LogP contribution >= 0.6 is 0 Å². The second kappa shape index (κ2) is 10.6. The zero-order valence-electron chi connectivity index (χ0n) is 12.9. The molecule has 1 aromatic heterocycles. The lowest BCUT2D eigenvalue weighted by Gasteiger charge is -2.18. The minimum atomic E-state index is 0.142. The maximum atomic E-state index is 5.68. The van der Waals surface area contributed by atoms with E-state index >= 15 is 0 Å². The Morgan fingerprint density at radius 3 is 2.55 bits per heavy atom. The van der Waals surface area contributed by atoms with Crippen LogP contribution in [0.3, 0.4) is 0 Å². The van der Waals surface area contributed by atoms with Gasteiger partial charge >= 0.3 is 0 Å². The van der Waals surface area contributed by atoms with Crippen molar-refractivity contribution < 1.29 is 4.74 Å². The fourth-order valence-corrected chi connectivity index (χ4v) is 2.48. The van der Waals surface area contributed by atoms with Crippen LogP contribution in [-0.2, 0) is 0 Å². The highest BCUT2D eigenvalue weighted by atomic mass is 16.5. The zero-order chi connectivity index (χ0) is 14.6. The molecule has 0 saturated carbocycles. The molecule has 114 valence electrons. The molecule has 1 aromatic rings. The molecule has 1 unspecified atom stereocenters. The molecule has 1 heterocycles. The Bertz CT molecular complexity index is 357. The van der Waals surface area contributed by atoms with Crippen LogP contribution in [0.5, 0.6) is 5.75 Å². The number of hydrogen-bond acceptors (Lipinski definition) is 4. The summed E-state index contributed by atoms with van der Waals surface area (Å²) in [6.07, 6.45) is 13.7. The monoisotopic (exact) mass is 279 g/mol. The summed E-state index contributed by atoms with van der Waals surface area (Å²) >= 11 is 0. The first-order valence-corrected chi connectivity index (χ1v) is 7.77. The highest BCUT2D eigenvalue weighted by Crippen LogP contribution is 2.27. The van der Waals surface area contributed by atoms with Gasteiger partial charge in [-0.25, -0.2) is 0 Å². The van der Waals surface area contributed by atoms with Crippen molar-refractivity contribution >= 4 is 0 Å². The Kier molecular flexibility index (Phi) is 9.00. The van der Waals surface area contributed by atoms with E-state index in [2.05, 4.69) is 17.3 Å². The number of hydrazine groups is 1. The van der Waals surface area contributed by atoms with Gasteiger partial charge in [0, 0.05) is 17.8 Å². The molecular formula is C16H29N3O. The third-order valence-corrected chi connectivity index (χ3v) is 3.71. The second-order valence-corrected chi connectivity index (χ2v) is 5.25. The molecule has 0 fully saturated rings. The molecule has 1 atom stereocenters. The normalized spacial score (nSPS) is 12.3. The minimum absolute atomic E-state index is 0.142. The number of nitrogens with zero attached hydrogens (tertiary/aromatic N) is 1. The molecule has 3 N–H and O–H groups in total. The minimum Gasteiger partial charge on any atom is -0.495 e. The molecule has 4 nitrogen and oxygen atoms in total. The lowest BCUT2D eigenvalue weighted by molar-refractivity contribution is 0.390. The lowest BCUT2D eigenvalue weighted by atomic mass is 10.00. The van der Waals surface area contributed by atoms with Crippen LogP contribution in [0.1, 0.15) is 69.9 Å². The summed E-state index contributed by atoms with van der Waals surface area (Å²) in [5.41, 5.74) is 3.99. The van der Waals surface area contributed by atoms with Crippen LogP contribution in [0.15, 0.2) is 18.5 Å². The van der Waals surface area contributed by atoms with Gasteiger partial charge in [0.1, 0.15) is 5.75 Å². The summed E-state index contributed by atoms with van der Waals surface area (Å²) in [6, 6.07) is 2.12. The number of rotatable bonds is 11. The lowest BCUT2D eigenvalue weighted by Crippen LogP contribution is -2.28. The number of hydrogen-bond donors (Lipinski definition) is 2. The molecule has 0 amide bonds. The Morgan fingerprint density at radius 2 is 1.90 bits per heavy atom. The standard InChI is InChI=1S/C16H29N3O/c1-3-4-5-6-7-8-9-10-15(19-17)14-11-12-18-13-16(14)20-2/h11-13,15,19H,3-10,17H2,1-2H3. The van der Waals surface area contributed by atoms with Crippen molar-refractivity contribution in [2.45, 2.75) is 64.3 Å². The number of nitrogens with two attached hydrogens (primary N) is 1. The quantitative estimate of drug-likeness (QED) is 0.368. The summed E-state index contributed by atoms with van der Waals surface area (Å²) in [6.45, 7) is 2.25. The Balaban J connectivity index is 2.32. The Labute approximate surface area is 123 Å². The number of ether oxygens (including phenoxy) is 1. The first-order valence-electron chi connectivity index (χ1n) is 7.77. The third-order valence-electron chi connectivity index (χ3n) is 3.71. The molecule has 0 radical (unpaired) electrons. The van der Waals surface area contributed by atoms with Crippen LogP contribution in [0, 0.1) is 0 Å². The predicted molar refractivity (Wildman–Crippen MR) is 83.5 cm³/mol. The van der Waals surface area contributed by atoms with Gasteiger partial charge in [-0.1, -0.05) is 51.9 Å². The molecule has 4 heteroatoms. The largest absolute Gasteiger partial charge is 0.495 e. The van der Waals surface area contributed by atoms with Gasteiger partial charge in [0.25, 0.3) is 0 Å². The molecule has 0 saturated heterocycles. The van der Waals surface area contributed by atoms with Crippen molar-refractivity contribution in [3.05, 3.63) is 24.0 Å². The number of pyridine rings is 1. The molecule has 0 spiro atoms. The topological polar surface area (TPSA) is 60.2 Å². The van der Waals surface area contributed by atoms with E-state index in [1.807, 2.05) is 6.07 Å². The molecule has 0 bridgehead atoms. The fraction of sp³-hybridized carbons (Fsp3) is 0.688. The van der Waals surface area contributed by atoms with Crippen LogP contribution in [0.4, 0.5) is 0 Å². The van der Waals surface area contributed by atoms with Crippen molar-refractivity contribution in [1.29, 1.82) is 0 Å². The fourth-order valence-electron chi connectivity index (χ4n) is 2.48. The van der Waals surface area contributed by atoms with Crippen molar-refractivity contribution in [1.82, 2.24) is 10.4 Å². The van der Waals surface area contributed by atoms with Crippen molar-refractivity contribution in [2.24, 2.45) is 5.84 Å². The molecule has 20 heavy (non-hydrogen) atoms. The third kappa shape index (κ3) is 5.88. The Morgan fingerprint density at radius 1 is 1.20 bits per heavy atom. The van der Waals surface area contributed by atoms with Gasteiger partial charge in [-0.15, -0.1) is 0 Å². The van der Waals surface area contributed by atoms with E-state index in [0.717, 1.165) is 17.7 Å². The predicted octanol–water partition coefficient (Wildman–Crippen LogP) is 3.74. The zero-order valence-corrected chi connectivity index (χ0v) is 12.9. The summed E-state index contributed by atoms with van der Waals surface area (Å²) in [5, 5.41) is 0. The molecule has 0 aromatic carbocycles. The maximum Gasteiger partial charge on any atom is 0.141 e. The highest BCUT2D eigenvalue weighted by Gasteiger charge is 2.14. The number of unbranched alkanes of at least 4 members (excludes halogenated alkanes) is 6.